The molecule has 0 aromatic carbocycles. The molecule has 1 saturated heterocycles. The minimum atomic E-state index is -0.130. The number of hydrogen-bond acceptors (Lipinski definition) is 4. The summed E-state index contributed by atoms with van der Waals surface area (Å²) in [5, 5.41) is 3.29. The summed E-state index contributed by atoms with van der Waals surface area (Å²) in [7, 11) is 0. The molecule has 1 amide bonds. The highest BCUT2D eigenvalue weighted by Gasteiger charge is 2.20. The minimum absolute atomic E-state index is 0.130. The smallest absolute Gasteiger partial charge is 0.251 e. The summed E-state index contributed by atoms with van der Waals surface area (Å²) in [6, 6.07) is 3.32. The molecule has 6 heteroatoms. The fourth-order valence-corrected chi connectivity index (χ4v) is 2.75. The number of halogens is 1. The number of hydrogen-bond donors (Lipinski definition) is 2. The van der Waals surface area contributed by atoms with Gasteiger partial charge < -0.3 is 16.0 Å². The fourth-order valence-electron chi connectivity index (χ4n) is 2.53. The van der Waals surface area contributed by atoms with Crippen molar-refractivity contribution in [3.8, 4) is 0 Å². The summed E-state index contributed by atoms with van der Waals surface area (Å²) >= 11 is 5.81. The first-order chi connectivity index (χ1) is 9.58. The van der Waals surface area contributed by atoms with Crippen molar-refractivity contribution in [3.05, 3.63) is 22.8 Å². The van der Waals surface area contributed by atoms with Crippen LogP contribution in [0.4, 0.5) is 5.82 Å². The Morgan fingerprint density at radius 3 is 2.80 bits per heavy atom. The van der Waals surface area contributed by atoms with Gasteiger partial charge in [-0.05, 0) is 37.9 Å². The van der Waals surface area contributed by atoms with Gasteiger partial charge in [0.2, 0.25) is 0 Å². The zero-order valence-electron chi connectivity index (χ0n) is 11.7. The Labute approximate surface area is 124 Å². The number of carbonyl (C=O) groups is 1. The van der Waals surface area contributed by atoms with Crippen molar-refractivity contribution in [1.29, 1.82) is 0 Å². The van der Waals surface area contributed by atoms with Crippen LogP contribution >= 0.6 is 11.6 Å². The molecule has 5 nitrogen and oxygen atoms in total. The molecule has 3 N–H and O–H groups in total. The Hall–Kier alpha value is -1.33. The van der Waals surface area contributed by atoms with E-state index in [0.717, 1.165) is 32.5 Å². The average Bonchev–Trinajstić information content (AvgIpc) is 2.40. The average molecular weight is 297 g/mol. The van der Waals surface area contributed by atoms with Crippen LogP contribution in [0.5, 0.6) is 0 Å². The lowest BCUT2D eigenvalue weighted by atomic mass is 10.0. The van der Waals surface area contributed by atoms with Gasteiger partial charge >= 0.3 is 0 Å². The van der Waals surface area contributed by atoms with Gasteiger partial charge in [0.05, 0.1) is 0 Å². The molecule has 2 heterocycles. The largest absolute Gasteiger partial charge is 0.384 e. The molecule has 0 bridgehead atoms. The maximum absolute atomic E-state index is 12.2. The van der Waals surface area contributed by atoms with Crippen molar-refractivity contribution in [2.45, 2.75) is 32.2 Å². The van der Waals surface area contributed by atoms with E-state index in [4.69, 9.17) is 17.3 Å². The van der Waals surface area contributed by atoms with Gasteiger partial charge in [-0.1, -0.05) is 18.5 Å². The lowest BCUT2D eigenvalue weighted by Crippen LogP contribution is -2.44. The number of nitrogens with one attached hydrogen (secondary N) is 1. The van der Waals surface area contributed by atoms with Crippen LogP contribution in [0, 0.1) is 0 Å². The van der Waals surface area contributed by atoms with Gasteiger partial charge in [0.15, 0.2) is 0 Å². The third-order valence-corrected chi connectivity index (χ3v) is 3.73. The van der Waals surface area contributed by atoms with Gasteiger partial charge in [-0.15, -0.1) is 0 Å². The summed E-state index contributed by atoms with van der Waals surface area (Å²) in [5.74, 6) is 0.135. The third kappa shape index (κ3) is 4.08. The Kier molecular flexibility index (Phi) is 5.20. The first-order valence-electron chi connectivity index (χ1n) is 7.04. The number of aromatic nitrogens is 1. The van der Waals surface area contributed by atoms with E-state index >= 15 is 0 Å². The molecule has 110 valence electrons. The van der Waals surface area contributed by atoms with Gasteiger partial charge in [-0.25, -0.2) is 4.98 Å². The van der Waals surface area contributed by atoms with E-state index in [-0.39, 0.29) is 22.9 Å². The quantitative estimate of drug-likeness (QED) is 0.833. The van der Waals surface area contributed by atoms with E-state index in [1.165, 1.54) is 6.42 Å². The zero-order valence-corrected chi connectivity index (χ0v) is 12.5. The van der Waals surface area contributed by atoms with E-state index in [9.17, 15) is 4.79 Å². The lowest BCUT2D eigenvalue weighted by Gasteiger charge is -2.32. The normalized spacial score (nSPS) is 17.1. The molecule has 1 aliphatic rings. The molecule has 1 aromatic heterocycles. The summed E-state index contributed by atoms with van der Waals surface area (Å²) < 4.78 is 0. The molecular weight excluding hydrogens is 276 g/mol. The molecule has 0 aliphatic carbocycles. The van der Waals surface area contributed by atoms with E-state index in [1.807, 2.05) is 0 Å². The topological polar surface area (TPSA) is 71.2 Å². The molecule has 0 radical (unpaired) electrons. The van der Waals surface area contributed by atoms with Crippen LogP contribution < -0.4 is 11.1 Å². The number of piperidine rings is 1. The number of nitrogen functional groups attached to an aromatic ring is 1. The second kappa shape index (κ2) is 6.90. The Balaban J connectivity index is 1.89. The second-order valence-corrected chi connectivity index (χ2v) is 5.58. The van der Waals surface area contributed by atoms with Crippen molar-refractivity contribution in [1.82, 2.24) is 15.2 Å². The minimum Gasteiger partial charge on any atom is -0.384 e. The monoisotopic (exact) mass is 296 g/mol. The summed E-state index contributed by atoms with van der Waals surface area (Å²) in [4.78, 5) is 18.4. The van der Waals surface area contributed by atoms with Crippen LogP contribution in [-0.4, -0.2) is 41.5 Å². The number of pyridine rings is 1. The highest BCUT2D eigenvalue weighted by Crippen LogP contribution is 2.14. The van der Waals surface area contributed by atoms with Crippen molar-refractivity contribution in [2.75, 3.05) is 25.4 Å². The molecular formula is C14H21ClN4O. The highest BCUT2D eigenvalue weighted by molar-refractivity contribution is 6.29. The zero-order chi connectivity index (χ0) is 14.5. The Bertz CT molecular complexity index is 452. The van der Waals surface area contributed by atoms with Crippen LogP contribution in [0.1, 0.15) is 36.5 Å². The van der Waals surface area contributed by atoms with E-state index in [2.05, 4.69) is 22.1 Å². The van der Waals surface area contributed by atoms with Crippen LogP contribution in [0.2, 0.25) is 5.15 Å². The third-order valence-electron chi connectivity index (χ3n) is 3.54. The number of nitrogens with two attached hydrogens (primary N) is 1. The molecule has 0 atom stereocenters. The molecule has 0 saturated carbocycles. The Morgan fingerprint density at radius 2 is 2.20 bits per heavy atom. The SMILES string of the molecule is CCCN1CCC(NC(=O)c2cc(N)nc(Cl)c2)CC1. The summed E-state index contributed by atoms with van der Waals surface area (Å²) in [6.07, 6.45) is 3.14. The number of carbonyl (C=O) groups excluding carboxylic acids is 1. The molecule has 2 rings (SSSR count). The Morgan fingerprint density at radius 1 is 1.50 bits per heavy atom. The van der Waals surface area contributed by atoms with Gasteiger partial charge in [-0.3, -0.25) is 4.79 Å². The van der Waals surface area contributed by atoms with Crippen molar-refractivity contribution < 1.29 is 4.79 Å². The van der Waals surface area contributed by atoms with Gasteiger partial charge in [0.1, 0.15) is 11.0 Å². The van der Waals surface area contributed by atoms with Gasteiger partial charge in [0.25, 0.3) is 5.91 Å². The number of anilines is 1. The van der Waals surface area contributed by atoms with Crippen molar-refractivity contribution >= 4 is 23.3 Å². The number of rotatable bonds is 4. The first-order valence-corrected chi connectivity index (χ1v) is 7.42. The molecule has 1 aromatic rings. The van der Waals surface area contributed by atoms with Crippen molar-refractivity contribution in [3.63, 3.8) is 0 Å². The predicted molar refractivity (Wildman–Crippen MR) is 80.9 cm³/mol. The molecule has 1 aliphatic heterocycles. The molecule has 1 fully saturated rings. The molecule has 0 spiro atoms. The number of amides is 1. The highest BCUT2D eigenvalue weighted by atomic mass is 35.5. The maximum atomic E-state index is 12.2. The standard InChI is InChI=1S/C14H21ClN4O/c1-2-5-19-6-3-11(4-7-19)17-14(20)10-8-12(15)18-13(16)9-10/h8-9,11H,2-7H2,1H3,(H2,16,18)(H,17,20). The second-order valence-electron chi connectivity index (χ2n) is 5.19. The van der Waals surface area contributed by atoms with Crippen molar-refractivity contribution in [2.24, 2.45) is 0 Å². The van der Waals surface area contributed by atoms with Crippen LogP contribution in [0.3, 0.4) is 0 Å². The first kappa shape index (κ1) is 15.1. The molecule has 0 unspecified atom stereocenters. The summed E-state index contributed by atoms with van der Waals surface area (Å²) in [6.45, 7) is 5.40. The van der Waals surface area contributed by atoms with E-state index < -0.39 is 0 Å². The molecule has 20 heavy (non-hydrogen) atoms. The number of likely N-dealkylation sites (tertiary alicyclic amines) is 1. The van der Waals surface area contributed by atoms with E-state index in [0.29, 0.717) is 5.56 Å². The van der Waals surface area contributed by atoms with Gasteiger partial charge in [0, 0.05) is 24.7 Å². The predicted octanol–water partition coefficient (Wildman–Crippen LogP) is 1.92. The van der Waals surface area contributed by atoms with Crippen LogP contribution in [0.25, 0.3) is 0 Å². The maximum Gasteiger partial charge on any atom is 0.251 e. The summed E-state index contributed by atoms with van der Waals surface area (Å²) in [5.41, 5.74) is 6.07. The van der Waals surface area contributed by atoms with Gasteiger partial charge in [-0.2, -0.15) is 0 Å². The number of nitrogens with zero attached hydrogens (tertiary/aromatic N) is 2. The lowest BCUT2D eigenvalue weighted by molar-refractivity contribution is 0.0911. The van der Waals surface area contributed by atoms with Crippen LogP contribution in [-0.2, 0) is 0 Å². The fraction of sp³-hybridized carbons (Fsp3) is 0.571. The van der Waals surface area contributed by atoms with E-state index in [1.54, 1.807) is 12.1 Å². The van der Waals surface area contributed by atoms with Crippen LogP contribution in [0.15, 0.2) is 12.1 Å².